The molecule has 2 aromatic heterocycles. The van der Waals surface area contributed by atoms with Crippen LogP contribution in [0, 0.1) is 0 Å². The molecule has 0 fully saturated rings. The van der Waals surface area contributed by atoms with E-state index >= 15 is 0 Å². The first-order valence-corrected chi connectivity index (χ1v) is 5.03. The van der Waals surface area contributed by atoms with Crippen LogP contribution >= 0.6 is 0 Å². The third-order valence-electron chi connectivity index (χ3n) is 2.60. The average molecular weight is 201 g/mol. The number of hydrogen-bond acceptors (Lipinski definition) is 2. The van der Waals surface area contributed by atoms with Crippen LogP contribution in [0.4, 0.5) is 0 Å². The first kappa shape index (κ1) is 9.93. The van der Waals surface area contributed by atoms with Gasteiger partial charge in [-0.25, -0.2) is 0 Å². The molecule has 1 unspecified atom stereocenters. The summed E-state index contributed by atoms with van der Waals surface area (Å²) in [6.07, 6.45) is 7.76. The van der Waals surface area contributed by atoms with Crippen molar-refractivity contribution in [1.82, 2.24) is 9.55 Å². The van der Waals surface area contributed by atoms with Crippen LogP contribution in [-0.4, -0.2) is 16.1 Å². The molecule has 0 aliphatic carbocycles. The van der Waals surface area contributed by atoms with Crippen molar-refractivity contribution < 1.29 is 0 Å². The third kappa shape index (κ3) is 2.07. The van der Waals surface area contributed by atoms with Gasteiger partial charge in [-0.1, -0.05) is 0 Å². The van der Waals surface area contributed by atoms with E-state index in [9.17, 15) is 0 Å². The van der Waals surface area contributed by atoms with Crippen LogP contribution < -0.4 is 5.73 Å². The fourth-order valence-electron chi connectivity index (χ4n) is 1.79. The van der Waals surface area contributed by atoms with Gasteiger partial charge in [-0.3, -0.25) is 4.98 Å². The summed E-state index contributed by atoms with van der Waals surface area (Å²) < 4.78 is 2.04. The van der Waals surface area contributed by atoms with Crippen LogP contribution in [0.1, 0.15) is 17.0 Å². The zero-order valence-corrected chi connectivity index (χ0v) is 8.80. The molecule has 0 spiro atoms. The second-order valence-corrected chi connectivity index (χ2v) is 3.68. The van der Waals surface area contributed by atoms with Crippen molar-refractivity contribution in [3.63, 3.8) is 0 Å². The Bertz CT molecular complexity index is 419. The Balaban J connectivity index is 2.33. The zero-order chi connectivity index (χ0) is 10.7. The van der Waals surface area contributed by atoms with Gasteiger partial charge in [0.15, 0.2) is 0 Å². The summed E-state index contributed by atoms with van der Waals surface area (Å²) >= 11 is 0. The molecule has 2 heterocycles. The van der Waals surface area contributed by atoms with Crippen LogP contribution in [0.25, 0.3) is 0 Å². The first-order chi connectivity index (χ1) is 7.31. The van der Waals surface area contributed by atoms with Gasteiger partial charge in [-0.15, -0.1) is 0 Å². The highest BCUT2D eigenvalue weighted by Gasteiger charge is 2.12. The van der Waals surface area contributed by atoms with Crippen molar-refractivity contribution in [2.24, 2.45) is 12.8 Å². The predicted molar refractivity (Wildman–Crippen MR) is 60.5 cm³/mol. The molecule has 0 bridgehead atoms. The van der Waals surface area contributed by atoms with Crippen molar-refractivity contribution in [2.45, 2.75) is 5.92 Å². The van der Waals surface area contributed by atoms with Crippen molar-refractivity contribution in [1.29, 1.82) is 0 Å². The molecule has 2 aromatic rings. The summed E-state index contributed by atoms with van der Waals surface area (Å²) in [5, 5.41) is 0. The molecule has 0 saturated heterocycles. The van der Waals surface area contributed by atoms with Crippen molar-refractivity contribution in [2.75, 3.05) is 6.54 Å². The average Bonchev–Trinajstić information content (AvgIpc) is 2.68. The number of aromatic nitrogens is 2. The number of aryl methyl sites for hydroxylation is 1. The molecule has 0 radical (unpaired) electrons. The molecule has 3 heteroatoms. The number of nitrogens with zero attached hydrogens (tertiary/aromatic N) is 2. The molecule has 78 valence electrons. The molecule has 1 atom stereocenters. The minimum atomic E-state index is 0.272. The fourth-order valence-corrected chi connectivity index (χ4v) is 1.79. The van der Waals surface area contributed by atoms with E-state index in [1.54, 1.807) is 12.4 Å². The Hall–Kier alpha value is -1.61. The minimum absolute atomic E-state index is 0.272. The van der Waals surface area contributed by atoms with Gasteiger partial charge in [-0.2, -0.15) is 0 Å². The van der Waals surface area contributed by atoms with Gasteiger partial charge in [0, 0.05) is 44.3 Å². The Morgan fingerprint density at radius 1 is 1.27 bits per heavy atom. The van der Waals surface area contributed by atoms with Crippen LogP contribution in [0.2, 0.25) is 0 Å². The highest BCUT2D eigenvalue weighted by Crippen LogP contribution is 2.22. The number of hydrogen-bond donors (Lipinski definition) is 1. The summed E-state index contributed by atoms with van der Waals surface area (Å²) in [7, 11) is 2.02. The van der Waals surface area contributed by atoms with Gasteiger partial charge < -0.3 is 10.3 Å². The molecule has 2 rings (SSSR count). The van der Waals surface area contributed by atoms with Crippen molar-refractivity contribution in [3.05, 3.63) is 54.1 Å². The van der Waals surface area contributed by atoms with E-state index in [-0.39, 0.29) is 5.92 Å². The van der Waals surface area contributed by atoms with Gasteiger partial charge in [0.25, 0.3) is 0 Å². The van der Waals surface area contributed by atoms with Crippen LogP contribution in [0.15, 0.2) is 43.0 Å². The lowest BCUT2D eigenvalue weighted by Crippen LogP contribution is -2.13. The van der Waals surface area contributed by atoms with Crippen molar-refractivity contribution in [3.8, 4) is 0 Å². The zero-order valence-electron chi connectivity index (χ0n) is 8.80. The largest absolute Gasteiger partial charge is 0.357 e. The van der Waals surface area contributed by atoms with E-state index in [1.807, 2.05) is 29.9 Å². The lowest BCUT2D eigenvalue weighted by atomic mass is 9.94. The maximum Gasteiger partial charge on any atom is 0.0270 e. The van der Waals surface area contributed by atoms with Crippen molar-refractivity contribution >= 4 is 0 Å². The lowest BCUT2D eigenvalue weighted by molar-refractivity contribution is 0.809. The monoisotopic (exact) mass is 201 g/mol. The van der Waals surface area contributed by atoms with E-state index in [4.69, 9.17) is 5.73 Å². The lowest BCUT2D eigenvalue weighted by Gasteiger charge is -2.13. The molecule has 2 N–H and O–H groups in total. The molecule has 0 saturated carbocycles. The highest BCUT2D eigenvalue weighted by molar-refractivity contribution is 5.30. The second kappa shape index (κ2) is 4.28. The molecular formula is C12H15N3. The molecule has 0 aliphatic rings. The molecule has 0 aromatic carbocycles. The molecule has 3 nitrogen and oxygen atoms in total. The normalized spacial score (nSPS) is 12.7. The summed E-state index contributed by atoms with van der Waals surface area (Å²) in [6, 6.07) is 6.15. The van der Waals surface area contributed by atoms with E-state index in [1.165, 1.54) is 11.1 Å². The first-order valence-electron chi connectivity index (χ1n) is 5.03. The Morgan fingerprint density at radius 2 is 2.00 bits per heavy atom. The van der Waals surface area contributed by atoms with Crippen LogP contribution in [-0.2, 0) is 7.05 Å². The summed E-state index contributed by atoms with van der Waals surface area (Å²) in [5.41, 5.74) is 8.29. The van der Waals surface area contributed by atoms with E-state index in [0.717, 1.165) is 0 Å². The fraction of sp³-hybridized carbons (Fsp3) is 0.250. The third-order valence-corrected chi connectivity index (χ3v) is 2.60. The van der Waals surface area contributed by atoms with Crippen LogP contribution in [0.5, 0.6) is 0 Å². The van der Waals surface area contributed by atoms with Gasteiger partial charge in [0.05, 0.1) is 0 Å². The predicted octanol–water partition coefficient (Wildman–Crippen LogP) is 1.51. The Labute approximate surface area is 89.6 Å². The van der Waals surface area contributed by atoms with Crippen LogP contribution in [0.3, 0.4) is 0 Å². The summed E-state index contributed by atoms with van der Waals surface area (Å²) in [5.74, 6) is 0.272. The molecule has 0 amide bonds. The summed E-state index contributed by atoms with van der Waals surface area (Å²) in [4.78, 5) is 4.01. The van der Waals surface area contributed by atoms with Gasteiger partial charge in [0.1, 0.15) is 0 Å². The second-order valence-electron chi connectivity index (χ2n) is 3.68. The number of nitrogens with two attached hydrogens (primary N) is 1. The van der Waals surface area contributed by atoms with E-state index < -0.39 is 0 Å². The maximum absolute atomic E-state index is 5.82. The quantitative estimate of drug-likeness (QED) is 0.818. The Kier molecular flexibility index (Phi) is 2.83. The number of pyridine rings is 1. The molecule has 15 heavy (non-hydrogen) atoms. The Morgan fingerprint density at radius 3 is 2.53 bits per heavy atom. The standard InChI is InChI=1S/C12H15N3/c1-15-7-4-11(9-15)12(8-13)10-2-5-14-6-3-10/h2-7,9,12H,8,13H2,1H3. The topological polar surface area (TPSA) is 43.8 Å². The minimum Gasteiger partial charge on any atom is -0.357 e. The SMILES string of the molecule is Cn1ccc(C(CN)c2ccncc2)c1. The molecular weight excluding hydrogens is 186 g/mol. The van der Waals surface area contributed by atoms with Gasteiger partial charge >= 0.3 is 0 Å². The maximum atomic E-state index is 5.82. The van der Waals surface area contributed by atoms with Gasteiger partial charge in [-0.05, 0) is 29.3 Å². The summed E-state index contributed by atoms with van der Waals surface area (Å²) in [6.45, 7) is 0.619. The van der Waals surface area contributed by atoms with E-state index in [2.05, 4.69) is 17.2 Å². The number of rotatable bonds is 3. The highest BCUT2D eigenvalue weighted by atomic mass is 14.9. The van der Waals surface area contributed by atoms with Gasteiger partial charge in [0.2, 0.25) is 0 Å². The molecule has 0 aliphatic heterocycles. The smallest absolute Gasteiger partial charge is 0.0270 e. The van der Waals surface area contributed by atoms with E-state index in [0.29, 0.717) is 6.54 Å².